The zero-order chi connectivity index (χ0) is 19.8. The maximum absolute atomic E-state index is 2.60. The molecule has 2 heteroatoms. The highest BCUT2D eigenvalue weighted by molar-refractivity contribution is 7.61. The van der Waals surface area contributed by atoms with Gasteiger partial charge in [0.2, 0.25) is 0 Å². The molecule has 0 bridgehead atoms. The molecule has 0 heterocycles. The molecule has 0 fully saturated rings. The van der Waals surface area contributed by atoms with Crippen LogP contribution in [0.2, 0.25) is 0 Å². The molecule has 1 atom stereocenters. The molecule has 0 N–H and O–H groups in total. The van der Waals surface area contributed by atoms with E-state index in [0.29, 0.717) is 26.5 Å². The van der Waals surface area contributed by atoms with Crippen LogP contribution in [0.25, 0.3) is 0 Å². The third-order valence-electron chi connectivity index (χ3n) is 4.96. The largest absolute Gasteiger partial charge is 0.0947 e. The first-order chi connectivity index (χ1) is 10.9. The van der Waals surface area contributed by atoms with Crippen LogP contribution in [0.3, 0.4) is 0 Å². The minimum absolute atomic E-state index is 0.0289. The molecule has 1 unspecified atom stereocenters. The van der Waals surface area contributed by atoms with Crippen LogP contribution in [0, 0.1) is 5.92 Å². The van der Waals surface area contributed by atoms with E-state index in [0.717, 1.165) is 0 Å². The Balaban J connectivity index is 2.91. The summed E-state index contributed by atoms with van der Waals surface area (Å²) in [7, 11) is -0.0814. The lowest BCUT2D eigenvalue weighted by atomic mass is 10.2. The summed E-state index contributed by atoms with van der Waals surface area (Å²) in [4.78, 5) is 0. The van der Waals surface area contributed by atoms with Gasteiger partial charge in [-0.2, -0.15) is 0 Å². The molecule has 0 nitrogen and oxygen atoms in total. The van der Waals surface area contributed by atoms with Gasteiger partial charge in [-0.25, -0.2) is 0 Å². The van der Waals surface area contributed by atoms with Crippen molar-refractivity contribution in [3.63, 3.8) is 0 Å². The highest BCUT2D eigenvalue weighted by Crippen LogP contribution is 2.62. The summed E-state index contributed by atoms with van der Waals surface area (Å²) in [6.07, 6.45) is 10.1. The number of allylic oxidation sites excluding steroid dienone is 4. The van der Waals surface area contributed by atoms with Crippen molar-refractivity contribution in [2.75, 3.05) is 12.3 Å². The van der Waals surface area contributed by atoms with Crippen molar-refractivity contribution in [3.8, 4) is 0 Å². The maximum atomic E-state index is 2.60. The zero-order valence-corrected chi connectivity index (χ0v) is 20.9. The second-order valence-corrected chi connectivity index (χ2v) is 19.4. The van der Waals surface area contributed by atoms with Gasteiger partial charge in [-0.15, -0.1) is 0 Å². The second-order valence-electron chi connectivity index (χ2n) is 11.6. The van der Waals surface area contributed by atoms with Gasteiger partial charge in [0.25, 0.3) is 0 Å². The molecule has 0 aromatic carbocycles. The van der Waals surface area contributed by atoms with Crippen molar-refractivity contribution < 1.29 is 0 Å². The highest BCUT2D eigenvalue weighted by Gasteiger charge is 2.37. The van der Waals surface area contributed by atoms with E-state index in [1.807, 2.05) is 0 Å². The van der Waals surface area contributed by atoms with Gasteiger partial charge in [0, 0.05) is 0 Å². The summed E-state index contributed by atoms with van der Waals surface area (Å²) >= 11 is 0. The van der Waals surface area contributed by atoms with Crippen LogP contribution >= 0.6 is 15.8 Å². The topological polar surface area (TPSA) is 0 Å². The first-order valence-electron chi connectivity index (χ1n) is 9.87. The average molecular weight is 383 g/mol. The number of hydrogen-bond acceptors (Lipinski definition) is 0. The molecule has 0 aromatic heterocycles. The van der Waals surface area contributed by atoms with Gasteiger partial charge >= 0.3 is 0 Å². The van der Waals surface area contributed by atoms with E-state index in [9.17, 15) is 0 Å². The Bertz CT molecular complexity index is 470. The monoisotopic (exact) mass is 382 g/mol. The van der Waals surface area contributed by atoms with Crippen LogP contribution < -0.4 is 0 Å². The Morgan fingerprint density at radius 3 is 1.44 bits per heavy atom. The van der Waals surface area contributed by atoms with Crippen LogP contribution in [0.15, 0.2) is 23.8 Å². The van der Waals surface area contributed by atoms with Gasteiger partial charge < -0.3 is 0 Å². The molecular weight excluding hydrogens is 338 g/mol. The molecule has 0 radical (unpaired) electrons. The van der Waals surface area contributed by atoms with Crippen molar-refractivity contribution in [3.05, 3.63) is 23.8 Å². The fourth-order valence-electron chi connectivity index (χ4n) is 4.28. The van der Waals surface area contributed by atoms with Gasteiger partial charge in [-0.05, 0) is 44.4 Å². The lowest BCUT2D eigenvalue weighted by Crippen LogP contribution is -2.28. The standard InChI is InChI=1S/C23H44P2/c1-20(2,3)24(21(4,5)6)16-18-13-14-19(15-18)17-25(22(7,8)9)23(10,11)12/h13-15,18H,16-17H2,1-12H3. The SMILES string of the molecule is CC(C)(C)P(CC1=CC(CP(C(C)(C)C)C(C)(C)C)C=C1)C(C)(C)C. The molecule has 1 aliphatic rings. The summed E-state index contributed by atoms with van der Waals surface area (Å²) in [6.45, 7) is 29.2. The van der Waals surface area contributed by atoms with E-state index < -0.39 is 0 Å². The van der Waals surface area contributed by atoms with Crippen molar-refractivity contribution in [1.29, 1.82) is 0 Å². The summed E-state index contributed by atoms with van der Waals surface area (Å²) in [5.41, 5.74) is 1.60. The fourth-order valence-corrected chi connectivity index (χ4v) is 11.6. The second kappa shape index (κ2) is 7.76. The number of rotatable bonds is 4. The smallest absolute Gasteiger partial charge is 0.000468 e. The maximum Gasteiger partial charge on any atom is -0.000468 e. The quantitative estimate of drug-likeness (QED) is 0.429. The summed E-state index contributed by atoms with van der Waals surface area (Å²) in [6, 6.07) is 0. The molecule has 0 saturated carbocycles. The molecule has 1 rings (SSSR count). The summed E-state index contributed by atoms with van der Waals surface area (Å²) in [5, 5.41) is 1.65. The molecule has 25 heavy (non-hydrogen) atoms. The van der Waals surface area contributed by atoms with Crippen LogP contribution in [0.1, 0.15) is 83.1 Å². The van der Waals surface area contributed by atoms with E-state index in [-0.39, 0.29) is 15.8 Å². The first kappa shape index (κ1) is 23.4. The minimum Gasteiger partial charge on any atom is -0.0947 e. The molecular formula is C23H44P2. The Labute approximate surface area is 161 Å². The minimum atomic E-state index is -0.0526. The molecule has 146 valence electrons. The van der Waals surface area contributed by atoms with Gasteiger partial charge in [0.1, 0.15) is 0 Å². The fraction of sp³-hybridized carbons (Fsp3) is 0.826. The van der Waals surface area contributed by atoms with Gasteiger partial charge in [-0.3, -0.25) is 0 Å². The number of hydrogen-bond donors (Lipinski definition) is 0. The van der Waals surface area contributed by atoms with Gasteiger partial charge in [0.05, 0.1) is 0 Å². The Kier molecular flexibility index (Phi) is 7.26. The predicted molar refractivity (Wildman–Crippen MR) is 123 cm³/mol. The first-order valence-corrected chi connectivity index (χ1v) is 12.9. The molecule has 0 saturated heterocycles. The zero-order valence-electron chi connectivity index (χ0n) is 19.1. The molecule has 0 spiro atoms. The van der Waals surface area contributed by atoms with Crippen LogP contribution in [0.4, 0.5) is 0 Å². The highest BCUT2D eigenvalue weighted by atomic mass is 31.1. The molecule has 0 amide bonds. The van der Waals surface area contributed by atoms with Crippen LogP contribution in [-0.4, -0.2) is 32.9 Å². The van der Waals surface area contributed by atoms with Crippen molar-refractivity contribution in [2.45, 2.75) is 104 Å². The van der Waals surface area contributed by atoms with E-state index >= 15 is 0 Å². The van der Waals surface area contributed by atoms with Crippen molar-refractivity contribution in [2.24, 2.45) is 5.92 Å². The van der Waals surface area contributed by atoms with Crippen LogP contribution in [-0.2, 0) is 0 Å². The third-order valence-corrected chi connectivity index (χ3v) is 12.9. The Hall–Kier alpha value is 0.340. The molecule has 1 aliphatic carbocycles. The van der Waals surface area contributed by atoms with Gasteiger partial charge in [-0.1, -0.05) is 117 Å². The molecule has 0 aliphatic heterocycles. The Morgan fingerprint density at radius 1 is 0.680 bits per heavy atom. The van der Waals surface area contributed by atoms with Gasteiger partial charge in [0.15, 0.2) is 0 Å². The Morgan fingerprint density at radius 2 is 1.08 bits per heavy atom. The van der Waals surface area contributed by atoms with E-state index in [1.54, 1.807) is 5.57 Å². The van der Waals surface area contributed by atoms with Crippen molar-refractivity contribution >= 4 is 15.8 Å². The van der Waals surface area contributed by atoms with Crippen molar-refractivity contribution in [1.82, 2.24) is 0 Å². The van der Waals surface area contributed by atoms with E-state index in [4.69, 9.17) is 0 Å². The average Bonchev–Trinajstić information content (AvgIpc) is 2.75. The normalized spacial score (nSPS) is 19.9. The summed E-state index contributed by atoms with van der Waals surface area (Å²) in [5.74, 6) is 0.649. The van der Waals surface area contributed by atoms with E-state index in [2.05, 4.69) is 101 Å². The summed E-state index contributed by atoms with van der Waals surface area (Å²) < 4.78 is 0. The lowest BCUT2D eigenvalue weighted by Gasteiger charge is -2.42. The lowest BCUT2D eigenvalue weighted by molar-refractivity contribution is 0.695. The predicted octanol–water partition coefficient (Wildman–Crippen LogP) is 8.26. The third kappa shape index (κ3) is 7.11. The van der Waals surface area contributed by atoms with Crippen LogP contribution in [0.5, 0.6) is 0 Å². The van der Waals surface area contributed by atoms with E-state index in [1.165, 1.54) is 12.3 Å². The molecule has 0 aromatic rings.